The van der Waals surface area contributed by atoms with Crippen molar-refractivity contribution in [1.82, 2.24) is 15.6 Å². The summed E-state index contributed by atoms with van der Waals surface area (Å²) in [7, 11) is 0. The van der Waals surface area contributed by atoms with E-state index in [0.717, 1.165) is 29.7 Å². The highest BCUT2D eigenvalue weighted by Gasteiger charge is 2.26. The second kappa shape index (κ2) is 9.47. The topological polar surface area (TPSA) is 111 Å². The van der Waals surface area contributed by atoms with Gasteiger partial charge in [-0.1, -0.05) is 18.2 Å². The van der Waals surface area contributed by atoms with E-state index in [0.29, 0.717) is 35.2 Å². The molecule has 3 amide bonds. The summed E-state index contributed by atoms with van der Waals surface area (Å²) >= 11 is 0. The van der Waals surface area contributed by atoms with E-state index in [2.05, 4.69) is 10.6 Å². The smallest absolute Gasteiger partial charge is 0.339 e. The molecule has 0 atom stereocenters. The number of carbonyl (C=O) groups excluding carboxylic acids is 3. The molecular formula is C24H23N3O5. The molecule has 3 aromatic rings. The molecule has 0 aliphatic heterocycles. The average molecular weight is 433 g/mol. The number of furan rings is 1. The standard InChI is InChI=1S/C24H23N3O5/c1-2-25-24(30)27-20(28)14-32-23(29)21-17-9-3-4-11-19(17)26-22-15(7-5-10-18(21)22)13-16-8-6-12-31-16/h3-4,6,8-9,11-13H,2,5,7,10,14H2,1H3,(H2,25,27,28,30)/b15-13-. The van der Waals surface area contributed by atoms with Crippen molar-refractivity contribution in [2.75, 3.05) is 13.2 Å². The molecule has 2 N–H and O–H groups in total. The molecule has 0 unspecified atom stereocenters. The number of hydrogen-bond acceptors (Lipinski definition) is 6. The predicted octanol–water partition coefficient (Wildman–Crippen LogP) is 3.71. The van der Waals surface area contributed by atoms with Crippen LogP contribution in [0.2, 0.25) is 0 Å². The Morgan fingerprint density at radius 2 is 2.00 bits per heavy atom. The van der Waals surface area contributed by atoms with Gasteiger partial charge in [0.05, 0.1) is 23.0 Å². The number of carbonyl (C=O) groups is 3. The number of amides is 3. The van der Waals surface area contributed by atoms with Crippen LogP contribution in [-0.4, -0.2) is 36.0 Å². The van der Waals surface area contributed by atoms with Crippen molar-refractivity contribution < 1.29 is 23.5 Å². The number of ether oxygens (including phenoxy) is 1. The fourth-order valence-corrected chi connectivity index (χ4v) is 3.82. The minimum Gasteiger partial charge on any atom is -0.465 e. The number of fused-ring (bicyclic) bond motifs is 2. The number of benzene rings is 1. The third kappa shape index (κ3) is 4.54. The minimum atomic E-state index is -0.699. The van der Waals surface area contributed by atoms with Gasteiger partial charge in [0.15, 0.2) is 6.61 Å². The van der Waals surface area contributed by atoms with Crippen molar-refractivity contribution in [2.45, 2.75) is 26.2 Å². The summed E-state index contributed by atoms with van der Waals surface area (Å²) in [5.41, 5.74) is 3.58. The first-order valence-electron chi connectivity index (χ1n) is 10.5. The SMILES string of the molecule is CCNC(=O)NC(=O)COC(=O)c1c2c(nc3ccccc13)/C(=C\c1ccco1)CCC2. The van der Waals surface area contributed by atoms with E-state index in [1.807, 2.05) is 42.5 Å². The maximum Gasteiger partial charge on any atom is 0.339 e. The summed E-state index contributed by atoms with van der Waals surface area (Å²) in [5, 5.41) is 5.24. The Bertz CT molecular complexity index is 1200. The molecule has 4 rings (SSSR count). The number of esters is 1. The summed E-state index contributed by atoms with van der Waals surface area (Å²) in [4.78, 5) is 41.4. The molecule has 1 aliphatic carbocycles. The monoisotopic (exact) mass is 433 g/mol. The van der Waals surface area contributed by atoms with Crippen LogP contribution in [0.4, 0.5) is 4.79 Å². The van der Waals surface area contributed by atoms with E-state index in [9.17, 15) is 14.4 Å². The lowest BCUT2D eigenvalue weighted by Crippen LogP contribution is -2.41. The molecule has 0 radical (unpaired) electrons. The van der Waals surface area contributed by atoms with Gasteiger partial charge in [-0.25, -0.2) is 14.6 Å². The lowest BCUT2D eigenvalue weighted by molar-refractivity contribution is -0.123. The molecule has 8 nitrogen and oxygen atoms in total. The van der Waals surface area contributed by atoms with Crippen molar-refractivity contribution >= 4 is 40.5 Å². The number of imide groups is 1. The van der Waals surface area contributed by atoms with Crippen LogP contribution in [0.3, 0.4) is 0 Å². The molecule has 1 aliphatic rings. The number of nitrogens with zero attached hydrogens (tertiary/aromatic N) is 1. The van der Waals surface area contributed by atoms with Crippen LogP contribution in [-0.2, 0) is 16.0 Å². The average Bonchev–Trinajstić information content (AvgIpc) is 3.29. The predicted molar refractivity (Wildman–Crippen MR) is 119 cm³/mol. The Balaban J connectivity index is 1.67. The van der Waals surface area contributed by atoms with Crippen LogP contribution in [0.1, 0.15) is 47.1 Å². The lowest BCUT2D eigenvalue weighted by atomic mass is 9.86. The van der Waals surface area contributed by atoms with E-state index in [1.54, 1.807) is 13.2 Å². The molecule has 0 fully saturated rings. The Labute approximate surface area is 184 Å². The van der Waals surface area contributed by atoms with Gasteiger partial charge >= 0.3 is 12.0 Å². The molecule has 0 bridgehead atoms. The van der Waals surface area contributed by atoms with Gasteiger partial charge in [-0.15, -0.1) is 0 Å². The molecular weight excluding hydrogens is 410 g/mol. The number of urea groups is 1. The van der Waals surface area contributed by atoms with E-state index >= 15 is 0 Å². The highest BCUT2D eigenvalue weighted by atomic mass is 16.5. The highest BCUT2D eigenvalue weighted by molar-refractivity contribution is 6.07. The Kier molecular flexibility index (Phi) is 6.30. The van der Waals surface area contributed by atoms with Crippen molar-refractivity contribution in [3.63, 3.8) is 0 Å². The second-order valence-corrected chi connectivity index (χ2v) is 7.35. The maximum atomic E-state index is 13.1. The third-order valence-corrected chi connectivity index (χ3v) is 5.16. The van der Waals surface area contributed by atoms with Gasteiger partial charge in [0.25, 0.3) is 5.91 Å². The van der Waals surface area contributed by atoms with Crippen molar-refractivity contribution in [3.05, 3.63) is 65.2 Å². The minimum absolute atomic E-state index is 0.377. The van der Waals surface area contributed by atoms with E-state index < -0.39 is 24.5 Å². The summed E-state index contributed by atoms with van der Waals surface area (Å²) in [6.45, 7) is 1.55. The molecule has 1 aromatic carbocycles. The number of allylic oxidation sites excluding steroid dienone is 1. The van der Waals surface area contributed by atoms with Gasteiger partial charge < -0.3 is 14.5 Å². The number of rotatable bonds is 5. The number of aromatic nitrogens is 1. The zero-order valence-corrected chi connectivity index (χ0v) is 17.6. The Morgan fingerprint density at radius 1 is 1.16 bits per heavy atom. The van der Waals surface area contributed by atoms with Crippen molar-refractivity contribution in [3.8, 4) is 0 Å². The Morgan fingerprint density at radius 3 is 2.78 bits per heavy atom. The highest BCUT2D eigenvalue weighted by Crippen LogP contribution is 2.36. The summed E-state index contributed by atoms with van der Waals surface area (Å²) in [6.07, 6.45) is 5.87. The van der Waals surface area contributed by atoms with Gasteiger partial charge in [0, 0.05) is 11.9 Å². The summed E-state index contributed by atoms with van der Waals surface area (Å²) in [5.74, 6) is -0.603. The molecule has 0 saturated carbocycles. The molecule has 8 heteroatoms. The van der Waals surface area contributed by atoms with Gasteiger partial charge in [-0.2, -0.15) is 0 Å². The van der Waals surface area contributed by atoms with E-state index in [-0.39, 0.29) is 0 Å². The first-order chi connectivity index (χ1) is 15.6. The number of nitrogens with one attached hydrogen (secondary N) is 2. The quantitative estimate of drug-likeness (QED) is 0.594. The normalized spacial score (nSPS) is 14.1. The third-order valence-electron chi connectivity index (χ3n) is 5.16. The first kappa shape index (κ1) is 21.3. The molecule has 32 heavy (non-hydrogen) atoms. The second-order valence-electron chi connectivity index (χ2n) is 7.35. The van der Waals surface area contributed by atoms with Crippen LogP contribution in [0, 0.1) is 0 Å². The van der Waals surface area contributed by atoms with Crippen LogP contribution in [0.25, 0.3) is 22.6 Å². The van der Waals surface area contributed by atoms with Crippen molar-refractivity contribution in [1.29, 1.82) is 0 Å². The van der Waals surface area contributed by atoms with E-state index in [4.69, 9.17) is 14.1 Å². The van der Waals surface area contributed by atoms with Crippen LogP contribution in [0.5, 0.6) is 0 Å². The fourth-order valence-electron chi connectivity index (χ4n) is 3.82. The molecule has 2 aromatic heterocycles. The maximum absolute atomic E-state index is 13.1. The fraction of sp³-hybridized carbons (Fsp3) is 0.250. The first-order valence-corrected chi connectivity index (χ1v) is 10.5. The van der Waals surface area contributed by atoms with Gasteiger partial charge in [0.1, 0.15) is 5.76 Å². The Hall–Kier alpha value is -3.94. The van der Waals surface area contributed by atoms with E-state index in [1.165, 1.54) is 0 Å². The lowest BCUT2D eigenvalue weighted by Gasteiger charge is -2.22. The molecule has 0 saturated heterocycles. The van der Waals surface area contributed by atoms with Gasteiger partial charge in [-0.3, -0.25) is 10.1 Å². The van der Waals surface area contributed by atoms with Crippen molar-refractivity contribution in [2.24, 2.45) is 0 Å². The molecule has 0 spiro atoms. The zero-order chi connectivity index (χ0) is 22.5. The molecule has 164 valence electrons. The summed E-state index contributed by atoms with van der Waals surface area (Å²) in [6, 6.07) is 10.4. The van der Waals surface area contributed by atoms with Crippen LogP contribution in [0.15, 0.2) is 47.1 Å². The van der Waals surface area contributed by atoms with Crippen LogP contribution >= 0.6 is 0 Å². The number of para-hydroxylation sites is 1. The largest absolute Gasteiger partial charge is 0.465 e. The zero-order valence-electron chi connectivity index (χ0n) is 17.6. The van der Waals surface area contributed by atoms with Gasteiger partial charge in [-0.05, 0) is 61.6 Å². The van der Waals surface area contributed by atoms with Crippen LogP contribution < -0.4 is 10.6 Å². The number of hydrogen-bond donors (Lipinski definition) is 2. The van der Waals surface area contributed by atoms with Gasteiger partial charge in [0.2, 0.25) is 0 Å². The molecule has 2 heterocycles. The summed E-state index contributed by atoms with van der Waals surface area (Å²) < 4.78 is 10.7. The number of pyridine rings is 1.